The Labute approximate surface area is 229 Å². The summed E-state index contributed by atoms with van der Waals surface area (Å²) in [6, 6.07) is 17.5. The Morgan fingerprint density at radius 2 is 1.22 bits per heavy atom. The van der Waals surface area contributed by atoms with Crippen molar-refractivity contribution < 1.29 is 53.8 Å². The smallest absolute Gasteiger partial charge is 0.406 e. The van der Waals surface area contributed by atoms with Crippen molar-refractivity contribution in [1.29, 1.82) is 0 Å². The number of rotatable bonds is 10. The van der Waals surface area contributed by atoms with Crippen LogP contribution in [0.1, 0.15) is 30.0 Å². The van der Waals surface area contributed by atoms with Gasteiger partial charge in [0, 0.05) is 18.4 Å². The molecule has 0 bridgehead atoms. The van der Waals surface area contributed by atoms with Gasteiger partial charge in [-0.2, -0.15) is 13.2 Å². The molecular weight excluding hydrogens is 569 g/mol. The topological polar surface area (TPSA) is 47.6 Å². The Morgan fingerprint density at radius 1 is 0.732 bits per heavy atom. The molecule has 3 aromatic rings. The molecule has 0 heterocycles. The monoisotopic (exact) mass is 593 g/mol. The van der Waals surface area contributed by atoms with Crippen molar-refractivity contribution in [2.45, 2.75) is 44.1 Å². The molecule has 0 aliphatic rings. The fourth-order valence-corrected chi connectivity index (χ4v) is 4.28. The number of ether oxygens (including phenoxy) is 2. The number of carbonyl (C=O) groups is 1. The van der Waals surface area contributed by atoms with Crippen LogP contribution >= 0.6 is 0 Å². The summed E-state index contributed by atoms with van der Waals surface area (Å²) in [4.78, 5) is 12.6. The van der Waals surface area contributed by atoms with Crippen molar-refractivity contribution in [3.63, 3.8) is 0 Å². The van der Waals surface area contributed by atoms with Gasteiger partial charge >= 0.3 is 18.9 Å². The largest absolute Gasteiger partial charge is 0.573 e. The second kappa shape index (κ2) is 12.3. The summed E-state index contributed by atoms with van der Waals surface area (Å²) < 4.78 is 125. The van der Waals surface area contributed by atoms with Crippen LogP contribution in [0, 0.1) is 5.92 Å². The molecule has 3 rings (SSSR count). The van der Waals surface area contributed by atoms with E-state index < -0.39 is 60.6 Å². The fraction of sp³-hybridized carbons (Fsp3) is 0.321. The van der Waals surface area contributed by atoms with E-state index in [0.717, 1.165) is 31.2 Å². The van der Waals surface area contributed by atoms with E-state index in [0.29, 0.717) is 5.56 Å². The molecule has 0 aromatic heterocycles. The average molecular weight is 593 g/mol. The second-order valence-electron chi connectivity index (χ2n) is 9.32. The van der Waals surface area contributed by atoms with Crippen LogP contribution in [0.4, 0.5) is 39.5 Å². The molecule has 1 unspecified atom stereocenters. The van der Waals surface area contributed by atoms with Crippen LogP contribution in [-0.4, -0.2) is 31.4 Å². The summed E-state index contributed by atoms with van der Waals surface area (Å²) >= 11 is 0. The molecule has 0 aliphatic carbocycles. The molecule has 1 atom stereocenters. The van der Waals surface area contributed by atoms with Gasteiger partial charge < -0.3 is 14.8 Å². The van der Waals surface area contributed by atoms with Crippen LogP contribution in [0.3, 0.4) is 0 Å². The molecule has 0 saturated carbocycles. The van der Waals surface area contributed by atoms with Crippen LogP contribution in [-0.2, 0) is 16.6 Å². The predicted octanol–water partition coefficient (Wildman–Crippen LogP) is 7.72. The maximum atomic E-state index is 13.1. The highest BCUT2D eigenvalue weighted by molar-refractivity contribution is 5.76. The summed E-state index contributed by atoms with van der Waals surface area (Å²) in [5, 5.41) is 2.41. The van der Waals surface area contributed by atoms with Gasteiger partial charge in [-0.3, -0.25) is 4.79 Å². The Balaban J connectivity index is 2.18. The molecule has 0 fully saturated rings. The molecule has 3 aromatic carbocycles. The van der Waals surface area contributed by atoms with Crippen LogP contribution in [0.2, 0.25) is 0 Å². The maximum absolute atomic E-state index is 13.1. The molecular formula is C28H24F9NO3. The van der Waals surface area contributed by atoms with Crippen LogP contribution in [0.25, 0.3) is 0 Å². The van der Waals surface area contributed by atoms with Crippen molar-refractivity contribution in [3.8, 4) is 11.5 Å². The quantitative estimate of drug-likeness (QED) is 0.245. The third-order valence-electron chi connectivity index (χ3n) is 6.23. The molecule has 0 aliphatic heterocycles. The van der Waals surface area contributed by atoms with Gasteiger partial charge in [0.25, 0.3) is 0 Å². The van der Waals surface area contributed by atoms with Gasteiger partial charge in [-0.25, -0.2) is 0 Å². The molecule has 0 radical (unpaired) electrons. The average Bonchev–Trinajstić information content (AvgIpc) is 2.85. The molecule has 1 N–H and O–H groups in total. The van der Waals surface area contributed by atoms with Gasteiger partial charge in [-0.05, 0) is 47.4 Å². The number of carbonyl (C=O) groups excluding carboxylic acids is 1. The summed E-state index contributed by atoms with van der Waals surface area (Å²) in [6.07, 6.45) is -15.8. The van der Waals surface area contributed by atoms with Crippen LogP contribution < -0.4 is 14.8 Å². The van der Waals surface area contributed by atoms with Crippen molar-refractivity contribution in [2.24, 2.45) is 5.92 Å². The van der Waals surface area contributed by atoms with Gasteiger partial charge in [0.2, 0.25) is 5.91 Å². The van der Waals surface area contributed by atoms with Gasteiger partial charge in [-0.15, -0.1) is 26.3 Å². The zero-order chi connectivity index (χ0) is 30.5. The highest BCUT2D eigenvalue weighted by atomic mass is 19.4. The van der Waals surface area contributed by atoms with E-state index in [1.54, 1.807) is 30.3 Å². The SMILES string of the molecule is CC(CC(=O)NCC(Cc1ccccc1)(c1cccc(OC(F)(F)F)c1)c1cccc(OC(F)(F)F)c1)C(F)(F)F. The molecule has 0 saturated heterocycles. The standard InChI is InChI=1S/C28H24F9NO3/c1-18(26(29,30)31)13-24(39)38-17-25(16-19-7-3-2-4-8-19,20-9-5-11-22(14-20)40-27(32,33)34)21-10-6-12-23(15-21)41-28(35,36)37/h2-12,14-15,18H,13,16-17H2,1H3,(H,38,39). The lowest BCUT2D eigenvalue weighted by molar-refractivity contribution is -0.275. The number of nitrogens with one attached hydrogen (secondary N) is 1. The lowest BCUT2D eigenvalue weighted by Crippen LogP contribution is -2.44. The molecule has 13 heteroatoms. The van der Waals surface area contributed by atoms with E-state index in [9.17, 15) is 44.3 Å². The minimum Gasteiger partial charge on any atom is -0.406 e. The summed E-state index contributed by atoms with van der Waals surface area (Å²) in [6.45, 7) is 0.322. The first-order valence-electron chi connectivity index (χ1n) is 12.1. The van der Waals surface area contributed by atoms with Gasteiger partial charge in [0.05, 0.1) is 5.92 Å². The molecule has 222 valence electrons. The Hall–Kier alpha value is -3.90. The van der Waals surface area contributed by atoms with E-state index in [1.807, 2.05) is 0 Å². The van der Waals surface area contributed by atoms with Crippen molar-refractivity contribution in [3.05, 3.63) is 95.6 Å². The van der Waals surface area contributed by atoms with Crippen LogP contribution in [0.5, 0.6) is 11.5 Å². The molecule has 1 amide bonds. The number of alkyl halides is 9. The molecule has 4 nitrogen and oxygen atoms in total. The van der Waals surface area contributed by atoms with Gasteiger partial charge in [0.1, 0.15) is 11.5 Å². The third kappa shape index (κ3) is 9.32. The normalized spacial score (nSPS) is 13.4. The van der Waals surface area contributed by atoms with E-state index in [-0.39, 0.29) is 17.5 Å². The summed E-state index contributed by atoms with van der Waals surface area (Å²) in [5.41, 5.74) is -0.864. The first-order valence-corrected chi connectivity index (χ1v) is 12.1. The first-order chi connectivity index (χ1) is 19.0. The van der Waals surface area contributed by atoms with E-state index in [4.69, 9.17) is 0 Å². The van der Waals surface area contributed by atoms with E-state index >= 15 is 0 Å². The Bertz CT molecular complexity index is 1250. The van der Waals surface area contributed by atoms with Crippen molar-refractivity contribution >= 4 is 5.91 Å². The number of benzene rings is 3. The Morgan fingerprint density at radius 3 is 1.66 bits per heavy atom. The Kier molecular flexibility index (Phi) is 9.50. The first kappa shape index (κ1) is 31.6. The zero-order valence-corrected chi connectivity index (χ0v) is 21.3. The number of hydrogen-bond acceptors (Lipinski definition) is 3. The van der Waals surface area contributed by atoms with Gasteiger partial charge in [-0.1, -0.05) is 61.5 Å². The zero-order valence-electron chi connectivity index (χ0n) is 21.3. The summed E-state index contributed by atoms with van der Waals surface area (Å²) in [7, 11) is 0. The van der Waals surface area contributed by atoms with Crippen molar-refractivity contribution in [1.82, 2.24) is 5.32 Å². The van der Waals surface area contributed by atoms with E-state index in [1.165, 1.54) is 24.3 Å². The van der Waals surface area contributed by atoms with E-state index in [2.05, 4.69) is 14.8 Å². The molecule has 41 heavy (non-hydrogen) atoms. The van der Waals surface area contributed by atoms with Gasteiger partial charge in [0.15, 0.2) is 0 Å². The van der Waals surface area contributed by atoms with Crippen molar-refractivity contribution in [2.75, 3.05) is 6.54 Å². The number of hydrogen-bond donors (Lipinski definition) is 1. The number of halogens is 9. The maximum Gasteiger partial charge on any atom is 0.573 e. The third-order valence-corrected chi connectivity index (χ3v) is 6.23. The summed E-state index contributed by atoms with van der Waals surface area (Å²) in [5.74, 6) is -4.31. The lowest BCUT2D eigenvalue weighted by Gasteiger charge is -2.36. The highest BCUT2D eigenvalue weighted by Crippen LogP contribution is 2.40. The number of amides is 1. The predicted molar refractivity (Wildman–Crippen MR) is 130 cm³/mol. The van der Waals surface area contributed by atoms with Crippen LogP contribution in [0.15, 0.2) is 78.9 Å². The fourth-order valence-electron chi connectivity index (χ4n) is 4.28. The lowest BCUT2D eigenvalue weighted by atomic mass is 9.70. The molecule has 0 spiro atoms. The highest BCUT2D eigenvalue weighted by Gasteiger charge is 2.40. The minimum atomic E-state index is -5.07. The second-order valence-corrected chi connectivity index (χ2v) is 9.32. The minimum absolute atomic E-state index is 0.0800.